The van der Waals surface area contributed by atoms with Crippen LogP contribution in [0.15, 0.2) is 204 Å². The highest BCUT2D eigenvalue weighted by Gasteiger charge is 2.46. The maximum Gasteiger partial charge on any atom is 0.164 e. The number of nitrogens with zero attached hydrogens (tertiary/aromatic N) is 3. The lowest BCUT2D eigenvalue weighted by molar-refractivity contribution is 0.668. The fraction of sp³-hybridized carbons (Fsp3) is 0.0192. The fourth-order valence-electron chi connectivity index (χ4n) is 8.18. The number of hydrogen-bond donors (Lipinski definition) is 0. The highest BCUT2D eigenvalue weighted by molar-refractivity contribution is 6.12. The van der Waals surface area contributed by atoms with E-state index in [9.17, 15) is 5.48 Å². The Morgan fingerprint density at radius 1 is 0.411 bits per heavy atom. The molecule has 56 heavy (non-hydrogen) atoms. The number of hydrogen-bond acceptors (Lipinski definition) is 4. The molecule has 1 aliphatic rings. The molecule has 4 nitrogen and oxygen atoms in total. The second-order valence-electron chi connectivity index (χ2n) is 13.7. The van der Waals surface area contributed by atoms with Gasteiger partial charge in [0, 0.05) is 27.5 Å². The average molecular weight is 724 g/mol. The number of rotatable bonds is 6. The van der Waals surface area contributed by atoms with E-state index in [-0.39, 0.29) is 46.4 Å². The third kappa shape index (κ3) is 4.96. The molecular formula is C52H33N3O. The van der Waals surface area contributed by atoms with E-state index in [1.165, 1.54) is 0 Å². The second-order valence-corrected chi connectivity index (χ2v) is 13.7. The van der Waals surface area contributed by atoms with Crippen LogP contribution in [0.3, 0.4) is 0 Å². The van der Waals surface area contributed by atoms with Gasteiger partial charge in [-0.1, -0.05) is 176 Å². The lowest BCUT2D eigenvalue weighted by atomic mass is 9.67. The molecule has 0 amide bonds. The molecule has 0 N–H and O–H groups in total. The van der Waals surface area contributed by atoms with Crippen molar-refractivity contribution in [3.8, 4) is 56.4 Å². The van der Waals surface area contributed by atoms with Crippen LogP contribution in [-0.4, -0.2) is 15.0 Å². The molecule has 8 aromatic carbocycles. The van der Waals surface area contributed by atoms with Crippen molar-refractivity contribution in [3.05, 3.63) is 222 Å². The summed E-state index contributed by atoms with van der Waals surface area (Å²) in [5.74, 6) is 1.34. The largest absolute Gasteiger partial charge is 0.456 e. The standard InChI is InChI=1S/C52H33N3O/c1-4-16-34(17-5-1)36-20-14-21-37(32-36)50-53-49(35-18-6-2-7-19-35)54-51(55-50)42-26-15-29-47-48(42)43-33-39(30-31-46(43)56-47)52(38-22-8-3-9-23-38)44-27-12-10-24-40(44)41-25-11-13-28-45(41)52/h1-33H/i10D,11D,12D,13D,24D,25D,27D,28D. The van der Waals surface area contributed by atoms with Crippen molar-refractivity contribution in [1.82, 2.24) is 15.0 Å². The minimum Gasteiger partial charge on any atom is -0.456 e. The molecule has 10 aromatic rings. The van der Waals surface area contributed by atoms with Gasteiger partial charge in [0.1, 0.15) is 11.2 Å². The molecule has 0 fully saturated rings. The van der Waals surface area contributed by atoms with E-state index < -0.39 is 29.6 Å². The predicted octanol–water partition coefficient (Wildman–Crippen LogP) is 12.8. The molecule has 0 aliphatic heterocycles. The van der Waals surface area contributed by atoms with Gasteiger partial charge in [0.2, 0.25) is 0 Å². The lowest BCUT2D eigenvalue weighted by Crippen LogP contribution is -2.28. The van der Waals surface area contributed by atoms with E-state index in [0.717, 1.165) is 22.3 Å². The average Bonchev–Trinajstić information content (AvgIpc) is 3.89. The van der Waals surface area contributed by atoms with Gasteiger partial charge in [0.25, 0.3) is 0 Å². The first-order chi connectivity index (χ1) is 31.1. The topological polar surface area (TPSA) is 51.8 Å². The van der Waals surface area contributed by atoms with Gasteiger partial charge in [-0.3, -0.25) is 0 Å². The van der Waals surface area contributed by atoms with Crippen molar-refractivity contribution in [3.63, 3.8) is 0 Å². The highest BCUT2D eigenvalue weighted by atomic mass is 16.3. The summed E-state index contributed by atoms with van der Waals surface area (Å²) in [5, 5.41) is 1.32. The zero-order chi connectivity index (χ0) is 44.0. The summed E-state index contributed by atoms with van der Waals surface area (Å²) < 4.78 is 79.2. The molecule has 0 bridgehead atoms. The van der Waals surface area contributed by atoms with Crippen LogP contribution in [-0.2, 0) is 5.41 Å². The first-order valence-electron chi connectivity index (χ1n) is 22.3. The molecule has 0 atom stereocenters. The quantitative estimate of drug-likeness (QED) is 0.171. The van der Waals surface area contributed by atoms with Crippen LogP contribution < -0.4 is 0 Å². The molecular weight excluding hydrogens is 683 g/mol. The molecule has 0 spiro atoms. The first kappa shape index (κ1) is 24.8. The molecule has 4 heteroatoms. The molecule has 1 aliphatic carbocycles. The van der Waals surface area contributed by atoms with Gasteiger partial charge >= 0.3 is 0 Å². The van der Waals surface area contributed by atoms with Gasteiger partial charge < -0.3 is 4.42 Å². The van der Waals surface area contributed by atoms with Crippen LogP contribution in [0.2, 0.25) is 0 Å². The zero-order valence-corrected chi connectivity index (χ0v) is 29.7. The Morgan fingerprint density at radius 3 is 1.70 bits per heavy atom. The van der Waals surface area contributed by atoms with E-state index in [0.29, 0.717) is 56.1 Å². The number of aromatic nitrogens is 3. The molecule has 11 rings (SSSR count). The van der Waals surface area contributed by atoms with Crippen LogP contribution in [0.5, 0.6) is 0 Å². The van der Waals surface area contributed by atoms with Gasteiger partial charge in [-0.05, 0) is 68.8 Å². The van der Waals surface area contributed by atoms with Crippen molar-refractivity contribution in [1.29, 1.82) is 0 Å². The van der Waals surface area contributed by atoms with Crippen molar-refractivity contribution < 1.29 is 15.4 Å². The maximum absolute atomic E-state index is 9.50. The lowest BCUT2D eigenvalue weighted by Gasteiger charge is -2.33. The number of furan rings is 1. The Kier molecular flexibility index (Phi) is 5.70. The number of benzene rings is 8. The van der Waals surface area contributed by atoms with Crippen molar-refractivity contribution in [2.45, 2.75) is 5.41 Å². The monoisotopic (exact) mass is 723 g/mol. The molecule has 0 saturated heterocycles. The molecule has 262 valence electrons. The minimum absolute atomic E-state index is 0.0391. The van der Waals surface area contributed by atoms with Gasteiger partial charge in [0.15, 0.2) is 17.5 Å². The van der Waals surface area contributed by atoms with Crippen molar-refractivity contribution >= 4 is 21.9 Å². The SMILES string of the molecule is [2H]c1c([2H])c([2H])c2c(c1[2H])-c1c([2H])c([2H])c([2H])c([2H])c1C2(c1ccccc1)c1ccc2oc3cccc(-c4nc(-c5ccccc5)nc(-c5cccc(-c6ccccc6)c5)n4)c3c2c1. The normalized spacial score (nSPS) is 14.8. The molecule has 0 radical (unpaired) electrons. The van der Waals surface area contributed by atoms with Gasteiger partial charge in [-0.15, -0.1) is 0 Å². The van der Waals surface area contributed by atoms with Crippen molar-refractivity contribution in [2.75, 3.05) is 0 Å². The van der Waals surface area contributed by atoms with Crippen LogP contribution in [0.4, 0.5) is 0 Å². The summed E-state index contributed by atoms with van der Waals surface area (Å²) in [6.45, 7) is 0. The van der Waals surface area contributed by atoms with Gasteiger partial charge in [-0.2, -0.15) is 0 Å². The van der Waals surface area contributed by atoms with Crippen LogP contribution >= 0.6 is 0 Å². The predicted molar refractivity (Wildman–Crippen MR) is 226 cm³/mol. The summed E-state index contributed by atoms with van der Waals surface area (Å²) in [6, 6.07) is 44.8. The number of fused-ring (bicyclic) bond motifs is 6. The van der Waals surface area contributed by atoms with E-state index in [1.807, 2.05) is 121 Å². The van der Waals surface area contributed by atoms with E-state index >= 15 is 0 Å². The molecule has 0 saturated carbocycles. The Labute approximate surface area is 335 Å². The van der Waals surface area contributed by atoms with Crippen LogP contribution in [0, 0.1) is 0 Å². The zero-order valence-electron chi connectivity index (χ0n) is 37.7. The Balaban J connectivity index is 1.21. The molecule has 2 aromatic heterocycles. The van der Waals surface area contributed by atoms with Crippen LogP contribution in [0.25, 0.3) is 78.4 Å². The van der Waals surface area contributed by atoms with Crippen LogP contribution in [0.1, 0.15) is 33.2 Å². The smallest absolute Gasteiger partial charge is 0.164 e. The molecule has 0 unspecified atom stereocenters. The van der Waals surface area contributed by atoms with Gasteiger partial charge in [0.05, 0.1) is 16.4 Å². The van der Waals surface area contributed by atoms with E-state index in [1.54, 1.807) is 6.07 Å². The summed E-state index contributed by atoms with van der Waals surface area (Å²) >= 11 is 0. The summed E-state index contributed by atoms with van der Waals surface area (Å²) in [5.41, 5.74) is 5.19. The maximum atomic E-state index is 9.50. The Morgan fingerprint density at radius 2 is 0.982 bits per heavy atom. The first-order valence-corrected chi connectivity index (χ1v) is 18.3. The third-order valence-corrected chi connectivity index (χ3v) is 10.6. The Hall–Kier alpha value is -7.43. The van der Waals surface area contributed by atoms with Crippen molar-refractivity contribution in [2.24, 2.45) is 0 Å². The summed E-state index contributed by atoms with van der Waals surface area (Å²) in [6.07, 6.45) is 0. The fourth-order valence-corrected chi connectivity index (χ4v) is 8.18. The third-order valence-electron chi connectivity index (χ3n) is 10.6. The molecule has 2 heterocycles. The Bertz CT molecular complexity index is 3470. The van der Waals surface area contributed by atoms with E-state index in [4.69, 9.17) is 24.9 Å². The summed E-state index contributed by atoms with van der Waals surface area (Å²) in [7, 11) is 0. The highest BCUT2D eigenvalue weighted by Crippen LogP contribution is 2.56. The van der Waals surface area contributed by atoms with E-state index in [2.05, 4.69) is 24.3 Å². The summed E-state index contributed by atoms with van der Waals surface area (Å²) in [4.78, 5) is 15.2. The minimum atomic E-state index is -1.63. The van der Waals surface area contributed by atoms with Gasteiger partial charge in [-0.25, -0.2) is 15.0 Å². The second kappa shape index (κ2) is 12.9.